The first kappa shape index (κ1) is 27.7. The quantitative estimate of drug-likeness (QED) is 0.440. The Hall–Kier alpha value is -2.58. The summed E-state index contributed by atoms with van der Waals surface area (Å²) in [7, 11) is -3.76. The van der Waals surface area contributed by atoms with Gasteiger partial charge in [-0.2, -0.15) is 0 Å². The molecule has 2 rings (SSSR count). The van der Waals surface area contributed by atoms with Gasteiger partial charge in [0.2, 0.25) is 21.8 Å². The molecule has 0 radical (unpaired) electrons. The van der Waals surface area contributed by atoms with E-state index in [9.17, 15) is 18.0 Å². The molecule has 0 bridgehead atoms. The molecule has 0 aliphatic rings. The van der Waals surface area contributed by atoms with Crippen LogP contribution in [0.25, 0.3) is 0 Å². The van der Waals surface area contributed by atoms with Gasteiger partial charge in [0.05, 0.1) is 11.9 Å². The average molecular weight is 508 g/mol. The van der Waals surface area contributed by atoms with Crippen LogP contribution in [0.4, 0.5) is 5.69 Å². The molecule has 1 atom stereocenters. The molecule has 2 aromatic rings. The third-order valence-corrected chi connectivity index (χ3v) is 7.11. The maximum absolute atomic E-state index is 13.6. The lowest BCUT2D eigenvalue weighted by atomic mass is 10.1. The lowest BCUT2D eigenvalue weighted by molar-refractivity contribution is -0.139. The molecular formula is C25H34ClN3O4S. The van der Waals surface area contributed by atoms with Crippen molar-refractivity contribution in [3.8, 4) is 0 Å². The maximum Gasteiger partial charge on any atom is 0.244 e. The van der Waals surface area contributed by atoms with E-state index in [1.165, 1.54) is 4.90 Å². The number of aryl methyl sites for hydroxylation is 1. The molecular weight excluding hydrogens is 474 g/mol. The minimum Gasteiger partial charge on any atom is -0.354 e. The number of amides is 2. The topological polar surface area (TPSA) is 86.8 Å². The number of sulfonamides is 1. The second kappa shape index (κ2) is 12.8. The fraction of sp³-hybridized carbons (Fsp3) is 0.440. The first-order valence-corrected chi connectivity index (χ1v) is 13.7. The lowest BCUT2D eigenvalue weighted by Crippen LogP contribution is -2.51. The summed E-state index contributed by atoms with van der Waals surface area (Å²) in [5, 5.41) is 3.32. The van der Waals surface area contributed by atoms with Gasteiger partial charge < -0.3 is 10.2 Å². The van der Waals surface area contributed by atoms with Crippen molar-refractivity contribution in [2.75, 3.05) is 23.7 Å². The molecule has 0 aliphatic carbocycles. The van der Waals surface area contributed by atoms with Gasteiger partial charge in [-0.1, -0.05) is 68.3 Å². The normalized spacial score (nSPS) is 12.1. The van der Waals surface area contributed by atoms with E-state index >= 15 is 0 Å². The number of carbonyl (C=O) groups excluding carboxylic acids is 2. The summed E-state index contributed by atoms with van der Waals surface area (Å²) >= 11 is 6.33. The van der Waals surface area contributed by atoms with E-state index in [0.29, 0.717) is 29.2 Å². The third kappa shape index (κ3) is 7.46. The highest BCUT2D eigenvalue weighted by molar-refractivity contribution is 7.92. The van der Waals surface area contributed by atoms with E-state index in [1.807, 2.05) is 26.0 Å². The Kier molecular flexibility index (Phi) is 10.4. The van der Waals surface area contributed by atoms with Crippen LogP contribution in [0.2, 0.25) is 5.02 Å². The van der Waals surface area contributed by atoms with E-state index in [1.54, 1.807) is 43.3 Å². The summed E-state index contributed by atoms with van der Waals surface area (Å²) in [5.41, 5.74) is 1.94. The minimum atomic E-state index is -3.76. The number of nitrogens with one attached hydrogen (secondary N) is 1. The van der Waals surface area contributed by atoms with Gasteiger partial charge in [-0.25, -0.2) is 8.42 Å². The number of unbranched alkanes of at least 4 members (excludes halogenated alkanes) is 1. The Morgan fingerprint density at radius 1 is 1.03 bits per heavy atom. The van der Waals surface area contributed by atoms with Crippen molar-refractivity contribution in [3.05, 3.63) is 64.7 Å². The largest absolute Gasteiger partial charge is 0.354 e. The summed E-state index contributed by atoms with van der Waals surface area (Å²) in [6, 6.07) is 13.4. The molecule has 0 aromatic heterocycles. The molecule has 1 unspecified atom stereocenters. The number of para-hydroxylation sites is 1. The van der Waals surface area contributed by atoms with Gasteiger partial charge in [-0.3, -0.25) is 13.9 Å². The van der Waals surface area contributed by atoms with E-state index in [0.717, 1.165) is 29.0 Å². The van der Waals surface area contributed by atoms with Gasteiger partial charge in [0.15, 0.2) is 0 Å². The number of halogens is 1. The Morgan fingerprint density at radius 3 is 2.24 bits per heavy atom. The number of rotatable bonds is 12. The van der Waals surface area contributed by atoms with E-state index in [4.69, 9.17) is 11.6 Å². The van der Waals surface area contributed by atoms with Crippen LogP contribution in [0.1, 0.15) is 44.7 Å². The summed E-state index contributed by atoms with van der Waals surface area (Å²) in [5.74, 6) is -0.789. The maximum atomic E-state index is 13.6. The van der Waals surface area contributed by atoms with Crippen LogP contribution in [0, 0.1) is 0 Å². The first-order chi connectivity index (χ1) is 16.1. The molecule has 0 aliphatic heterocycles. The molecule has 0 saturated carbocycles. The van der Waals surface area contributed by atoms with Gasteiger partial charge in [0.1, 0.15) is 12.6 Å². The Balaban J connectivity index is 2.40. The van der Waals surface area contributed by atoms with Crippen molar-refractivity contribution in [1.29, 1.82) is 0 Å². The number of nitrogens with zero attached hydrogens (tertiary/aromatic N) is 2. The zero-order valence-electron chi connectivity index (χ0n) is 20.3. The van der Waals surface area contributed by atoms with Crippen LogP contribution >= 0.6 is 11.6 Å². The zero-order valence-corrected chi connectivity index (χ0v) is 21.8. The number of benzene rings is 2. The minimum absolute atomic E-state index is 0.0773. The molecule has 1 N–H and O–H groups in total. The van der Waals surface area contributed by atoms with Gasteiger partial charge in [0, 0.05) is 18.1 Å². The molecule has 186 valence electrons. The van der Waals surface area contributed by atoms with Crippen molar-refractivity contribution in [1.82, 2.24) is 10.2 Å². The van der Waals surface area contributed by atoms with E-state index in [2.05, 4.69) is 5.32 Å². The van der Waals surface area contributed by atoms with E-state index < -0.39 is 28.5 Å². The molecule has 7 nitrogen and oxygen atoms in total. The van der Waals surface area contributed by atoms with Crippen molar-refractivity contribution in [2.45, 2.75) is 52.6 Å². The van der Waals surface area contributed by atoms with Crippen molar-refractivity contribution in [2.24, 2.45) is 0 Å². The summed E-state index contributed by atoms with van der Waals surface area (Å²) in [4.78, 5) is 27.8. The van der Waals surface area contributed by atoms with Crippen molar-refractivity contribution < 1.29 is 18.0 Å². The lowest BCUT2D eigenvalue weighted by Gasteiger charge is -2.32. The van der Waals surface area contributed by atoms with E-state index in [-0.39, 0.29) is 12.5 Å². The van der Waals surface area contributed by atoms with Crippen LogP contribution in [0.5, 0.6) is 0 Å². The summed E-state index contributed by atoms with van der Waals surface area (Å²) in [6.45, 7) is 5.75. The molecule has 0 fully saturated rings. The molecule has 34 heavy (non-hydrogen) atoms. The molecule has 2 amide bonds. The summed E-state index contributed by atoms with van der Waals surface area (Å²) < 4.78 is 26.5. The van der Waals surface area contributed by atoms with Gasteiger partial charge in [-0.05, 0) is 43.0 Å². The molecule has 0 heterocycles. The first-order valence-electron chi connectivity index (χ1n) is 11.5. The Labute approximate surface area is 208 Å². The highest BCUT2D eigenvalue weighted by Crippen LogP contribution is 2.25. The number of hydrogen-bond donors (Lipinski definition) is 1. The predicted octanol–water partition coefficient (Wildman–Crippen LogP) is 4.00. The number of carbonyl (C=O) groups is 2. The molecule has 2 aromatic carbocycles. The summed E-state index contributed by atoms with van der Waals surface area (Å²) in [6.07, 6.45) is 3.44. The average Bonchev–Trinajstić information content (AvgIpc) is 2.80. The van der Waals surface area contributed by atoms with Crippen LogP contribution in [-0.2, 0) is 32.6 Å². The van der Waals surface area contributed by atoms with Crippen molar-refractivity contribution in [3.63, 3.8) is 0 Å². The van der Waals surface area contributed by atoms with Gasteiger partial charge >= 0.3 is 0 Å². The monoisotopic (exact) mass is 507 g/mol. The standard InChI is InChI=1S/C25H34ClN3O4S/c1-5-7-16-27-25(31)19(3)28(17-21-13-8-10-14-22(21)26)24(30)18-29(34(4,32)33)23-15-11-9-12-20(23)6-2/h8-15,19H,5-7,16-18H2,1-4H3,(H,27,31). The fourth-order valence-electron chi connectivity index (χ4n) is 3.58. The van der Waals surface area contributed by atoms with Gasteiger partial charge in [-0.15, -0.1) is 0 Å². The Bertz CT molecular complexity index is 1090. The Morgan fingerprint density at radius 2 is 1.65 bits per heavy atom. The number of hydrogen-bond acceptors (Lipinski definition) is 4. The number of anilines is 1. The van der Waals surface area contributed by atoms with Crippen LogP contribution in [0.15, 0.2) is 48.5 Å². The zero-order chi connectivity index (χ0) is 25.3. The highest BCUT2D eigenvalue weighted by atomic mass is 35.5. The second-order valence-corrected chi connectivity index (χ2v) is 10.5. The highest BCUT2D eigenvalue weighted by Gasteiger charge is 2.30. The van der Waals surface area contributed by atoms with Crippen LogP contribution < -0.4 is 9.62 Å². The third-order valence-electron chi connectivity index (χ3n) is 5.62. The van der Waals surface area contributed by atoms with Crippen molar-refractivity contribution >= 4 is 39.1 Å². The second-order valence-electron chi connectivity index (χ2n) is 8.19. The van der Waals surface area contributed by atoms with Gasteiger partial charge in [0.25, 0.3) is 0 Å². The predicted molar refractivity (Wildman–Crippen MR) is 137 cm³/mol. The SMILES string of the molecule is CCCCNC(=O)C(C)N(Cc1ccccc1Cl)C(=O)CN(c1ccccc1CC)S(C)(=O)=O. The molecule has 0 spiro atoms. The van der Waals surface area contributed by atoms with Crippen LogP contribution in [-0.4, -0.2) is 50.5 Å². The van der Waals surface area contributed by atoms with Crippen LogP contribution in [0.3, 0.4) is 0 Å². The molecule has 9 heteroatoms. The molecule has 0 saturated heterocycles. The fourth-order valence-corrected chi connectivity index (χ4v) is 4.65. The smallest absolute Gasteiger partial charge is 0.244 e.